The van der Waals surface area contributed by atoms with Gasteiger partial charge in [0.05, 0.1) is 5.01 Å². The summed E-state index contributed by atoms with van der Waals surface area (Å²) >= 11 is 13.8. The number of aromatic nitrogens is 1. The molecule has 0 aliphatic carbocycles. The zero-order valence-corrected chi connectivity index (χ0v) is 13.9. The Hall–Kier alpha value is -0.610. The summed E-state index contributed by atoms with van der Waals surface area (Å²) < 4.78 is 0. The molecule has 0 amide bonds. The molecule has 0 fully saturated rings. The lowest BCUT2D eigenvalue weighted by atomic mass is 10.1. The highest BCUT2D eigenvalue weighted by Gasteiger charge is 2.07. The molecule has 0 bridgehead atoms. The minimum atomic E-state index is 0.662. The molecule has 20 heavy (non-hydrogen) atoms. The maximum absolute atomic E-state index is 6.18. The highest BCUT2D eigenvalue weighted by atomic mass is 35.5. The third-order valence-electron chi connectivity index (χ3n) is 2.81. The van der Waals surface area contributed by atoms with Gasteiger partial charge < -0.3 is 5.32 Å². The normalized spacial score (nSPS) is 11.2. The molecule has 1 N–H and O–H groups in total. The Morgan fingerprint density at radius 1 is 1.30 bits per heavy atom. The van der Waals surface area contributed by atoms with Gasteiger partial charge in [-0.15, -0.1) is 11.3 Å². The van der Waals surface area contributed by atoms with Crippen LogP contribution in [0.25, 0.3) is 0 Å². The number of thiazole rings is 1. The Balaban J connectivity index is 1.95. The topological polar surface area (TPSA) is 24.9 Å². The smallest absolute Gasteiger partial charge is 0.0972 e. The van der Waals surface area contributed by atoms with E-state index in [4.69, 9.17) is 23.2 Å². The van der Waals surface area contributed by atoms with E-state index in [9.17, 15) is 0 Å². The minimum Gasteiger partial charge on any atom is -0.312 e. The number of nitrogens with zero attached hydrogens (tertiary/aromatic N) is 1. The summed E-state index contributed by atoms with van der Waals surface area (Å²) in [6, 6.07) is 5.60. The summed E-state index contributed by atoms with van der Waals surface area (Å²) in [5.74, 6) is 0.662. The molecule has 2 nitrogen and oxygen atoms in total. The van der Waals surface area contributed by atoms with Gasteiger partial charge in [-0.2, -0.15) is 0 Å². The Labute approximate surface area is 134 Å². The van der Waals surface area contributed by atoms with Gasteiger partial charge in [0.25, 0.3) is 0 Å². The number of halogens is 2. The number of benzene rings is 1. The van der Waals surface area contributed by atoms with Crippen molar-refractivity contribution in [3.8, 4) is 0 Å². The predicted octanol–water partition coefficient (Wildman–Crippen LogP) is 4.79. The lowest BCUT2D eigenvalue weighted by molar-refractivity contribution is 0.554. The van der Waals surface area contributed by atoms with E-state index in [2.05, 4.69) is 24.1 Å². The molecule has 0 spiro atoms. The van der Waals surface area contributed by atoms with E-state index in [1.54, 1.807) is 17.4 Å². The van der Waals surface area contributed by atoms with E-state index in [1.807, 2.05) is 18.3 Å². The first-order valence-corrected chi connectivity index (χ1v) is 8.20. The van der Waals surface area contributed by atoms with Crippen LogP contribution in [-0.4, -0.2) is 11.5 Å². The first-order chi connectivity index (χ1) is 9.54. The van der Waals surface area contributed by atoms with Crippen molar-refractivity contribution in [2.75, 3.05) is 6.54 Å². The molecule has 2 aromatic rings. The molecule has 1 heterocycles. The average molecular weight is 329 g/mol. The van der Waals surface area contributed by atoms with E-state index in [1.165, 1.54) is 4.88 Å². The molecule has 1 aromatic carbocycles. The fourth-order valence-corrected chi connectivity index (χ4v) is 3.21. The van der Waals surface area contributed by atoms with Crippen molar-refractivity contribution in [2.45, 2.75) is 26.8 Å². The van der Waals surface area contributed by atoms with Crippen molar-refractivity contribution in [1.29, 1.82) is 0 Å². The van der Waals surface area contributed by atoms with Crippen LogP contribution in [0.4, 0.5) is 0 Å². The summed E-state index contributed by atoms with van der Waals surface area (Å²) in [6.07, 6.45) is 2.70. The van der Waals surface area contributed by atoms with Crippen LogP contribution in [0.3, 0.4) is 0 Å². The Bertz CT molecular complexity index is 567. The molecule has 0 aliphatic rings. The highest BCUT2D eigenvalue weighted by molar-refractivity contribution is 7.11. The Morgan fingerprint density at radius 3 is 2.80 bits per heavy atom. The fourth-order valence-electron chi connectivity index (χ4n) is 1.82. The predicted molar refractivity (Wildman–Crippen MR) is 87.9 cm³/mol. The summed E-state index contributed by atoms with van der Waals surface area (Å²) in [4.78, 5) is 5.71. The molecule has 1 aromatic heterocycles. The first-order valence-electron chi connectivity index (χ1n) is 6.63. The zero-order valence-electron chi connectivity index (χ0n) is 11.6. The maximum Gasteiger partial charge on any atom is 0.0972 e. The molecule has 5 heteroatoms. The molecule has 0 atom stereocenters. The minimum absolute atomic E-state index is 0.662. The van der Waals surface area contributed by atoms with E-state index in [0.717, 1.165) is 30.1 Å². The van der Waals surface area contributed by atoms with Crippen LogP contribution in [0.1, 0.15) is 29.3 Å². The van der Waals surface area contributed by atoms with Gasteiger partial charge in [-0.3, -0.25) is 0 Å². The highest BCUT2D eigenvalue weighted by Crippen LogP contribution is 2.25. The second-order valence-corrected chi connectivity index (χ2v) is 7.20. The molecule has 0 radical (unpaired) electrons. The van der Waals surface area contributed by atoms with Crippen molar-refractivity contribution in [3.05, 3.63) is 49.9 Å². The van der Waals surface area contributed by atoms with Crippen molar-refractivity contribution >= 4 is 34.5 Å². The second-order valence-electron chi connectivity index (χ2n) is 5.16. The van der Waals surface area contributed by atoms with Crippen molar-refractivity contribution < 1.29 is 0 Å². The van der Waals surface area contributed by atoms with Crippen LogP contribution in [0.15, 0.2) is 24.4 Å². The monoisotopic (exact) mass is 328 g/mol. The maximum atomic E-state index is 6.18. The number of nitrogens with one attached hydrogen (secondary N) is 1. The molecule has 2 rings (SSSR count). The van der Waals surface area contributed by atoms with Crippen LogP contribution in [0, 0.1) is 5.92 Å². The van der Waals surface area contributed by atoms with Crippen LogP contribution >= 0.6 is 34.5 Å². The second kappa shape index (κ2) is 7.41. The van der Waals surface area contributed by atoms with Gasteiger partial charge in [-0.05, 0) is 30.2 Å². The zero-order chi connectivity index (χ0) is 14.5. The van der Waals surface area contributed by atoms with Crippen LogP contribution in [-0.2, 0) is 13.0 Å². The van der Waals surface area contributed by atoms with Gasteiger partial charge in [-0.1, -0.05) is 43.1 Å². The fraction of sp³-hybridized carbons (Fsp3) is 0.400. The van der Waals surface area contributed by atoms with Crippen molar-refractivity contribution in [1.82, 2.24) is 10.3 Å². The molecule has 108 valence electrons. The molecule has 0 aliphatic heterocycles. The largest absolute Gasteiger partial charge is 0.312 e. The van der Waals surface area contributed by atoms with Gasteiger partial charge >= 0.3 is 0 Å². The quantitative estimate of drug-likeness (QED) is 0.824. The number of hydrogen-bond donors (Lipinski definition) is 1. The lowest BCUT2D eigenvalue weighted by Gasteiger charge is -2.05. The number of rotatable bonds is 6. The standard InChI is InChI=1S/C15H18Cl2N2S/c1-10(2)7-18-8-13-9-19-15(20-13)5-11-3-4-12(16)6-14(11)17/h3-4,6,9-10,18H,5,7-8H2,1-2H3. The van der Waals surface area contributed by atoms with Crippen LogP contribution < -0.4 is 5.32 Å². The van der Waals surface area contributed by atoms with Crippen molar-refractivity contribution in [2.24, 2.45) is 5.92 Å². The van der Waals surface area contributed by atoms with E-state index >= 15 is 0 Å². The summed E-state index contributed by atoms with van der Waals surface area (Å²) in [7, 11) is 0. The molecule has 0 saturated carbocycles. The lowest BCUT2D eigenvalue weighted by Crippen LogP contribution is -2.18. The van der Waals surface area contributed by atoms with E-state index < -0.39 is 0 Å². The Kier molecular flexibility index (Phi) is 5.85. The molecule has 0 unspecified atom stereocenters. The average Bonchev–Trinajstić information content (AvgIpc) is 2.80. The first kappa shape index (κ1) is 15.8. The van der Waals surface area contributed by atoms with Gasteiger partial charge in [-0.25, -0.2) is 4.98 Å². The summed E-state index contributed by atoms with van der Waals surface area (Å²) in [5.41, 5.74) is 1.06. The van der Waals surface area contributed by atoms with Crippen LogP contribution in [0.5, 0.6) is 0 Å². The SMILES string of the molecule is CC(C)CNCc1cnc(Cc2ccc(Cl)cc2Cl)s1. The van der Waals surface area contributed by atoms with Gasteiger partial charge in [0, 0.05) is 34.1 Å². The summed E-state index contributed by atoms with van der Waals surface area (Å²) in [5, 5.41) is 5.87. The van der Waals surface area contributed by atoms with E-state index in [-0.39, 0.29) is 0 Å². The van der Waals surface area contributed by atoms with Crippen LogP contribution in [0.2, 0.25) is 10.0 Å². The number of hydrogen-bond acceptors (Lipinski definition) is 3. The van der Waals surface area contributed by atoms with Crippen molar-refractivity contribution in [3.63, 3.8) is 0 Å². The third kappa shape index (κ3) is 4.74. The molecular weight excluding hydrogens is 311 g/mol. The molecule has 0 saturated heterocycles. The summed E-state index contributed by atoms with van der Waals surface area (Å²) in [6.45, 7) is 6.31. The third-order valence-corrected chi connectivity index (χ3v) is 4.39. The van der Waals surface area contributed by atoms with Gasteiger partial charge in [0.1, 0.15) is 0 Å². The molecular formula is C15H18Cl2N2S. The van der Waals surface area contributed by atoms with Gasteiger partial charge in [0.15, 0.2) is 0 Å². The Morgan fingerprint density at radius 2 is 2.10 bits per heavy atom. The van der Waals surface area contributed by atoms with Gasteiger partial charge in [0.2, 0.25) is 0 Å². The van der Waals surface area contributed by atoms with E-state index in [0.29, 0.717) is 16.0 Å².